The second kappa shape index (κ2) is 13.0. The van der Waals surface area contributed by atoms with Crippen LogP contribution in [-0.2, 0) is 25.5 Å². The highest BCUT2D eigenvalue weighted by atomic mass is 16.6. The lowest BCUT2D eigenvalue weighted by atomic mass is 9.95. The van der Waals surface area contributed by atoms with Crippen molar-refractivity contribution >= 4 is 17.8 Å². The van der Waals surface area contributed by atoms with Gasteiger partial charge in [-0.1, -0.05) is 43.2 Å². The van der Waals surface area contributed by atoms with Crippen LogP contribution >= 0.6 is 0 Å². The SMILES string of the molecule is CNC(=O)[C@H](Cc1ccccc1)NC(=O)[C@H](CCCCCO)CC(=O)OC(C)(C)C. The molecule has 0 saturated heterocycles. The van der Waals surface area contributed by atoms with Gasteiger partial charge < -0.3 is 20.5 Å². The molecule has 7 heteroatoms. The first kappa shape index (κ1) is 25.6. The molecule has 0 bridgehead atoms. The fraction of sp³-hybridized carbons (Fsp3) is 0.609. The standard InChI is InChI=1S/C23H36N2O5/c1-23(2,3)30-20(27)16-18(13-9-6-10-14-26)21(28)25-19(22(29)24-4)15-17-11-7-5-8-12-17/h5,7-8,11-12,18-19,26H,6,9-10,13-16H2,1-4H3,(H,24,29)(H,25,28)/t18-,19+/m1/s1. The van der Waals surface area contributed by atoms with Crippen molar-refractivity contribution in [2.24, 2.45) is 5.92 Å². The average Bonchev–Trinajstić information content (AvgIpc) is 2.68. The minimum atomic E-state index is -0.733. The fourth-order valence-electron chi connectivity index (χ4n) is 3.11. The van der Waals surface area contributed by atoms with E-state index in [1.807, 2.05) is 30.3 Å². The molecule has 0 fully saturated rings. The van der Waals surface area contributed by atoms with Crippen molar-refractivity contribution in [3.05, 3.63) is 35.9 Å². The Kier molecular flexibility index (Phi) is 11.1. The molecule has 0 aliphatic heterocycles. The summed E-state index contributed by atoms with van der Waals surface area (Å²) in [6, 6.07) is 8.71. The molecule has 1 aromatic rings. The van der Waals surface area contributed by atoms with Crippen LogP contribution in [0.2, 0.25) is 0 Å². The van der Waals surface area contributed by atoms with Crippen molar-refractivity contribution in [3.8, 4) is 0 Å². The number of ether oxygens (including phenoxy) is 1. The highest BCUT2D eigenvalue weighted by Gasteiger charge is 2.28. The summed E-state index contributed by atoms with van der Waals surface area (Å²) in [6.45, 7) is 5.44. The summed E-state index contributed by atoms with van der Waals surface area (Å²) in [5.41, 5.74) is 0.297. The Morgan fingerprint density at radius 1 is 1.03 bits per heavy atom. The number of aliphatic hydroxyl groups is 1. The number of likely N-dealkylation sites (N-methyl/N-ethyl adjacent to an activating group) is 1. The summed E-state index contributed by atoms with van der Waals surface area (Å²) in [5.74, 6) is -1.66. The minimum Gasteiger partial charge on any atom is -0.460 e. The van der Waals surface area contributed by atoms with Crippen molar-refractivity contribution < 1.29 is 24.2 Å². The lowest BCUT2D eigenvalue weighted by Crippen LogP contribution is -2.49. The summed E-state index contributed by atoms with van der Waals surface area (Å²) in [4.78, 5) is 37.6. The number of hydrogen-bond donors (Lipinski definition) is 3. The van der Waals surface area contributed by atoms with Crippen LogP contribution < -0.4 is 10.6 Å². The molecule has 1 rings (SSSR count). The topological polar surface area (TPSA) is 105 Å². The lowest BCUT2D eigenvalue weighted by Gasteiger charge is -2.24. The molecule has 0 aliphatic carbocycles. The first-order valence-electron chi connectivity index (χ1n) is 10.5. The van der Waals surface area contributed by atoms with Crippen molar-refractivity contribution in [2.75, 3.05) is 13.7 Å². The Hall–Kier alpha value is -2.41. The van der Waals surface area contributed by atoms with Crippen LogP contribution in [0.1, 0.15) is 58.4 Å². The Morgan fingerprint density at radius 2 is 1.70 bits per heavy atom. The third kappa shape index (κ3) is 10.4. The molecular formula is C23H36N2O5. The van der Waals surface area contributed by atoms with Gasteiger partial charge in [-0.2, -0.15) is 0 Å². The zero-order valence-corrected chi connectivity index (χ0v) is 18.6. The molecule has 1 aromatic carbocycles. The monoisotopic (exact) mass is 420 g/mol. The maximum Gasteiger partial charge on any atom is 0.307 e. The lowest BCUT2D eigenvalue weighted by molar-refractivity contribution is -0.157. The summed E-state index contributed by atoms with van der Waals surface area (Å²) in [5, 5.41) is 14.4. The van der Waals surface area contributed by atoms with E-state index in [0.717, 1.165) is 12.0 Å². The van der Waals surface area contributed by atoms with Crippen molar-refractivity contribution in [1.29, 1.82) is 0 Å². The third-order valence-corrected chi connectivity index (χ3v) is 4.58. The van der Waals surface area contributed by atoms with Gasteiger partial charge in [0.1, 0.15) is 11.6 Å². The normalized spacial score (nSPS) is 13.2. The molecule has 0 unspecified atom stereocenters. The van der Waals surface area contributed by atoms with Crippen LogP contribution in [0.25, 0.3) is 0 Å². The van der Waals surface area contributed by atoms with E-state index in [9.17, 15) is 14.4 Å². The molecule has 168 valence electrons. The van der Waals surface area contributed by atoms with Gasteiger partial charge in [0, 0.05) is 26.0 Å². The summed E-state index contributed by atoms with van der Waals surface area (Å²) in [6.07, 6.45) is 2.90. The van der Waals surface area contributed by atoms with Crippen LogP contribution in [0.3, 0.4) is 0 Å². The van der Waals surface area contributed by atoms with Gasteiger partial charge in [-0.05, 0) is 39.2 Å². The van der Waals surface area contributed by atoms with Crippen LogP contribution in [0.5, 0.6) is 0 Å². The molecule has 0 aromatic heterocycles. The van der Waals surface area contributed by atoms with Gasteiger partial charge >= 0.3 is 5.97 Å². The number of carbonyl (C=O) groups is 3. The second-order valence-corrected chi connectivity index (χ2v) is 8.43. The number of aliphatic hydroxyl groups excluding tert-OH is 1. The molecule has 30 heavy (non-hydrogen) atoms. The predicted octanol–water partition coefficient (Wildman–Crippen LogP) is 2.36. The first-order chi connectivity index (χ1) is 14.2. The van der Waals surface area contributed by atoms with Crippen LogP contribution in [0.15, 0.2) is 30.3 Å². The predicted molar refractivity (Wildman–Crippen MR) is 116 cm³/mol. The zero-order chi connectivity index (χ0) is 22.6. The van der Waals surface area contributed by atoms with E-state index in [4.69, 9.17) is 9.84 Å². The third-order valence-electron chi connectivity index (χ3n) is 4.58. The quantitative estimate of drug-likeness (QED) is 0.356. The summed E-state index contributed by atoms with van der Waals surface area (Å²) >= 11 is 0. The summed E-state index contributed by atoms with van der Waals surface area (Å²) in [7, 11) is 1.53. The Balaban J connectivity index is 2.86. The number of rotatable bonds is 12. The number of hydrogen-bond acceptors (Lipinski definition) is 5. The number of benzene rings is 1. The van der Waals surface area contributed by atoms with Crippen LogP contribution in [0.4, 0.5) is 0 Å². The summed E-state index contributed by atoms with van der Waals surface area (Å²) < 4.78 is 5.38. The highest BCUT2D eigenvalue weighted by molar-refractivity contribution is 5.90. The number of nitrogens with one attached hydrogen (secondary N) is 2. The van der Waals surface area contributed by atoms with Crippen molar-refractivity contribution in [3.63, 3.8) is 0 Å². The first-order valence-corrected chi connectivity index (χ1v) is 10.5. The molecular weight excluding hydrogens is 384 g/mol. The molecule has 3 N–H and O–H groups in total. The number of unbranched alkanes of at least 4 members (excludes halogenated alkanes) is 2. The molecule has 0 heterocycles. The molecule has 0 spiro atoms. The Bertz CT molecular complexity index is 670. The molecule has 2 atom stereocenters. The maximum absolute atomic E-state index is 13.0. The van der Waals surface area contributed by atoms with E-state index in [0.29, 0.717) is 25.7 Å². The van der Waals surface area contributed by atoms with E-state index >= 15 is 0 Å². The average molecular weight is 421 g/mol. The molecule has 7 nitrogen and oxygen atoms in total. The highest BCUT2D eigenvalue weighted by Crippen LogP contribution is 2.18. The van der Waals surface area contributed by atoms with Gasteiger partial charge in [0.2, 0.25) is 11.8 Å². The van der Waals surface area contributed by atoms with E-state index in [-0.39, 0.29) is 24.8 Å². The largest absolute Gasteiger partial charge is 0.460 e. The van der Waals surface area contributed by atoms with Crippen molar-refractivity contribution in [2.45, 2.75) is 70.9 Å². The maximum atomic E-state index is 13.0. The molecule has 0 aliphatic rings. The Morgan fingerprint density at radius 3 is 2.27 bits per heavy atom. The van der Waals surface area contributed by atoms with Gasteiger partial charge in [0.05, 0.1) is 6.42 Å². The second-order valence-electron chi connectivity index (χ2n) is 8.43. The van der Waals surface area contributed by atoms with Gasteiger partial charge in [0.15, 0.2) is 0 Å². The molecule has 0 radical (unpaired) electrons. The van der Waals surface area contributed by atoms with Crippen LogP contribution in [0, 0.1) is 5.92 Å². The van der Waals surface area contributed by atoms with Gasteiger partial charge in [-0.15, -0.1) is 0 Å². The van der Waals surface area contributed by atoms with Crippen molar-refractivity contribution in [1.82, 2.24) is 10.6 Å². The van der Waals surface area contributed by atoms with Gasteiger partial charge in [-0.3, -0.25) is 14.4 Å². The smallest absolute Gasteiger partial charge is 0.307 e. The van der Waals surface area contributed by atoms with E-state index in [1.54, 1.807) is 20.8 Å². The number of carbonyl (C=O) groups excluding carboxylic acids is 3. The Labute approximate surface area is 179 Å². The van der Waals surface area contributed by atoms with Gasteiger partial charge in [0.25, 0.3) is 0 Å². The minimum absolute atomic E-state index is 0.0476. The van der Waals surface area contributed by atoms with E-state index in [2.05, 4.69) is 10.6 Å². The van der Waals surface area contributed by atoms with E-state index in [1.165, 1.54) is 7.05 Å². The molecule has 0 saturated carbocycles. The molecule has 2 amide bonds. The number of amides is 2. The zero-order valence-electron chi connectivity index (χ0n) is 18.6. The number of esters is 1. The van der Waals surface area contributed by atoms with Crippen LogP contribution in [-0.4, -0.2) is 48.2 Å². The fourth-order valence-corrected chi connectivity index (χ4v) is 3.11. The van der Waals surface area contributed by atoms with Gasteiger partial charge in [-0.25, -0.2) is 0 Å². The van der Waals surface area contributed by atoms with E-state index < -0.39 is 23.5 Å².